The first-order valence-electron chi connectivity index (χ1n) is 5.49. The molecule has 0 aliphatic rings. The van der Waals surface area contributed by atoms with E-state index in [-0.39, 0.29) is 12.0 Å². The van der Waals surface area contributed by atoms with Crippen molar-refractivity contribution < 1.29 is 14.7 Å². The Morgan fingerprint density at radius 1 is 1.50 bits per heavy atom. The van der Waals surface area contributed by atoms with Crippen molar-refractivity contribution in [3.05, 3.63) is 35.4 Å². The molecule has 0 saturated carbocycles. The van der Waals surface area contributed by atoms with Gasteiger partial charge in [0.1, 0.15) is 5.54 Å². The van der Waals surface area contributed by atoms with Crippen molar-refractivity contribution >= 4 is 11.9 Å². The zero-order valence-electron chi connectivity index (χ0n) is 10.2. The fourth-order valence-corrected chi connectivity index (χ4v) is 1.35. The zero-order valence-corrected chi connectivity index (χ0v) is 10.2. The summed E-state index contributed by atoms with van der Waals surface area (Å²) >= 11 is 0. The van der Waals surface area contributed by atoms with Crippen LogP contribution in [0.1, 0.15) is 36.2 Å². The number of carboxylic acids is 1. The van der Waals surface area contributed by atoms with Crippen molar-refractivity contribution in [1.29, 1.82) is 5.26 Å². The molecule has 5 heteroatoms. The van der Waals surface area contributed by atoms with Crippen LogP contribution in [0.4, 0.5) is 0 Å². The number of carbonyl (C=O) groups excluding carboxylic acids is 1. The van der Waals surface area contributed by atoms with Gasteiger partial charge in [-0.25, -0.2) is 4.79 Å². The van der Waals surface area contributed by atoms with E-state index < -0.39 is 17.4 Å². The molecule has 1 amide bonds. The third-order valence-corrected chi connectivity index (χ3v) is 2.82. The van der Waals surface area contributed by atoms with Crippen molar-refractivity contribution in [2.24, 2.45) is 0 Å². The number of nitrogens with zero attached hydrogens (tertiary/aromatic N) is 1. The smallest absolute Gasteiger partial charge is 0.329 e. The first-order chi connectivity index (χ1) is 8.42. The van der Waals surface area contributed by atoms with Gasteiger partial charge in [-0.2, -0.15) is 5.26 Å². The number of rotatable bonds is 4. The van der Waals surface area contributed by atoms with Crippen molar-refractivity contribution in [2.45, 2.75) is 25.8 Å². The van der Waals surface area contributed by atoms with Gasteiger partial charge in [0.05, 0.1) is 11.6 Å². The summed E-state index contributed by atoms with van der Waals surface area (Å²) in [4.78, 5) is 23.0. The van der Waals surface area contributed by atoms with E-state index in [1.807, 2.05) is 6.07 Å². The Morgan fingerprint density at radius 2 is 2.17 bits per heavy atom. The molecule has 5 nitrogen and oxygen atoms in total. The third kappa shape index (κ3) is 2.86. The van der Waals surface area contributed by atoms with Gasteiger partial charge in [-0.3, -0.25) is 4.79 Å². The van der Waals surface area contributed by atoms with Crippen molar-refractivity contribution in [3.63, 3.8) is 0 Å². The van der Waals surface area contributed by atoms with Crippen LogP contribution in [-0.2, 0) is 4.79 Å². The molecule has 0 aliphatic carbocycles. The Labute approximate surface area is 105 Å². The van der Waals surface area contributed by atoms with Crippen molar-refractivity contribution in [3.8, 4) is 6.07 Å². The largest absolute Gasteiger partial charge is 0.480 e. The molecule has 2 N–H and O–H groups in total. The monoisotopic (exact) mass is 246 g/mol. The second kappa shape index (κ2) is 5.32. The van der Waals surface area contributed by atoms with E-state index in [0.717, 1.165) is 0 Å². The van der Waals surface area contributed by atoms with E-state index in [2.05, 4.69) is 5.32 Å². The van der Waals surface area contributed by atoms with Crippen LogP contribution in [0.5, 0.6) is 0 Å². The van der Waals surface area contributed by atoms with Crippen LogP contribution in [0.3, 0.4) is 0 Å². The summed E-state index contributed by atoms with van der Waals surface area (Å²) in [6.07, 6.45) is 0.270. The lowest BCUT2D eigenvalue weighted by Crippen LogP contribution is -2.51. The molecule has 0 saturated heterocycles. The van der Waals surface area contributed by atoms with Crippen molar-refractivity contribution in [1.82, 2.24) is 5.32 Å². The molecule has 1 atom stereocenters. The molecule has 1 unspecified atom stereocenters. The third-order valence-electron chi connectivity index (χ3n) is 2.82. The predicted octanol–water partition coefficient (Wildman–Crippen LogP) is 1.54. The summed E-state index contributed by atoms with van der Waals surface area (Å²) in [5, 5.41) is 20.3. The minimum Gasteiger partial charge on any atom is -0.480 e. The number of hydrogen-bond donors (Lipinski definition) is 2. The molecule has 1 rings (SSSR count). The van der Waals surface area contributed by atoms with Gasteiger partial charge in [0.2, 0.25) is 0 Å². The fraction of sp³-hybridized carbons (Fsp3) is 0.308. The predicted molar refractivity (Wildman–Crippen MR) is 65.0 cm³/mol. The number of carboxylic acid groups (broad SMARTS) is 1. The Bertz CT molecular complexity index is 519. The van der Waals surface area contributed by atoms with Gasteiger partial charge in [-0.05, 0) is 31.5 Å². The minimum absolute atomic E-state index is 0.270. The molecule has 1 aromatic rings. The van der Waals surface area contributed by atoms with Gasteiger partial charge in [0.15, 0.2) is 0 Å². The first-order valence-corrected chi connectivity index (χ1v) is 5.49. The summed E-state index contributed by atoms with van der Waals surface area (Å²) < 4.78 is 0. The van der Waals surface area contributed by atoms with Crippen molar-refractivity contribution in [2.75, 3.05) is 0 Å². The van der Waals surface area contributed by atoms with Gasteiger partial charge in [-0.15, -0.1) is 0 Å². The Balaban J connectivity index is 2.95. The quantitative estimate of drug-likeness (QED) is 0.843. The van der Waals surface area contributed by atoms with Crippen LogP contribution in [0.15, 0.2) is 24.3 Å². The molecule has 0 radical (unpaired) electrons. The van der Waals surface area contributed by atoms with Crippen LogP contribution >= 0.6 is 0 Å². The van der Waals surface area contributed by atoms with Gasteiger partial charge >= 0.3 is 5.97 Å². The van der Waals surface area contributed by atoms with E-state index in [4.69, 9.17) is 10.4 Å². The summed E-state index contributed by atoms with van der Waals surface area (Å²) in [5.41, 5.74) is -0.675. The summed E-state index contributed by atoms with van der Waals surface area (Å²) in [6, 6.07) is 8.04. The number of amides is 1. The molecule has 0 aromatic heterocycles. The van der Waals surface area contributed by atoms with Crippen LogP contribution in [0.25, 0.3) is 0 Å². The lowest BCUT2D eigenvalue weighted by molar-refractivity contribution is -0.143. The molecule has 0 fully saturated rings. The molecule has 0 spiro atoms. The highest BCUT2D eigenvalue weighted by Crippen LogP contribution is 2.12. The molecule has 0 heterocycles. The Hall–Kier alpha value is -2.35. The number of benzene rings is 1. The number of carbonyl (C=O) groups is 2. The number of nitrogens with one attached hydrogen (secondary N) is 1. The highest BCUT2D eigenvalue weighted by atomic mass is 16.4. The zero-order chi connectivity index (χ0) is 13.8. The maximum Gasteiger partial charge on any atom is 0.329 e. The maximum atomic E-state index is 11.9. The van der Waals surface area contributed by atoms with E-state index in [0.29, 0.717) is 5.56 Å². The Kier molecular flexibility index (Phi) is 4.05. The van der Waals surface area contributed by atoms with Crippen LogP contribution in [-0.4, -0.2) is 22.5 Å². The average Bonchev–Trinajstić information content (AvgIpc) is 2.38. The fourth-order valence-electron chi connectivity index (χ4n) is 1.35. The van der Waals surface area contributed by atoms with E-state index in [1.165, 1.54) is 19.1 Å². The normalized spacial score (nSPS) is 13.2. The van der Waals surface area contributed by atoms with E-state index in [9.17, 15) is 9.59 Å². The van der Waals surface area contributed by atoms with Crippen LogP contribution in [0.2, 0.25) is 0 Å². The summed E-state index contributed by atoms with van der Waals surface area (Å²) in [5.74, 6) is -1.59. The first kappa shape index (κ1) is 13.7. The summed E-state index contributed by atoms with van der Waals surface area (Å²) in [7, 11) is 0. The molecular weight excluding hydrogens is 232 g/mol. The number of aliphatic carboxylic acids is 1. The molecule has 1 aromatic carbocycles. The molecule has 18 heavy (non-hydrogen) atoms. The van der Waals surface area contributed by atoms with Gasteiger partial charge < -0.3 is 10.4 Å². The highest BCUT2D eigenvalue weighted by molar-refractivity contribution is 5.97. The topological polar surface area (TPSA) is 90.2 Å². The lowest BCUT2D eigenvalue weighted by Gasteiger charge is -2.24. The SMILES string of the molecule is CCC(C)(NC(=O)c1cccc(C#N)c1)C(=O)O. The second-order valence-corrected chi connectivity index (χ2v) is 4.14. The second-order valence-electron chi connectivity index (χ2n) is 4.14. The summed E-state index contributed by atoms with van der Waals surface area (Å²) in [6.45, 7) is 3.13. The van der Waals surface area contributed by atoms with E-state index >= 15 is 0 Å². The number of nitriles is 1. The Morgan fingerprint density at radius 3 is 2.67 bits per heavy atom. The minimum atomic E-state index is -1.31. The maximum absolute atomic E-state index is 11.9. The molecular formula is C13H14N2O3. The lowest BCUT2D eigenvalue weighted by atomic mass is 9.98. The van der Waals surface area contributed by atoms with E-state index in [1.54, 1.807) is 19.1 Å². The molecule has 94 valence electrons. The van der Waals surface area contributed by atoms with Gasteiger partial charge in [0, 0.05) is 5.56 Å². The molecule has 0 bridgehead atoms. The van der Waals surface area contributed by atoms with Crippen LogP contribution < -0.4 is 5.32 Å². The van der Waals surface area contributed by atoms with Crippen LogP contribution in [0, 0.1) is 11.3 Å². The highest BCUT2D eigenvalue weighted by Gasteiger charge is 2.32. The standard InChI is InChI=1S/C13H14N2O3/c1-3-13(2,12(17)18)15-11(16)10-6-4-5-9(7-10)8-14/h4-7H,3H2,1-2H3,(H,15,16)(H,17,18). The number of hydrogen-bond acceptors (Lipinski definition) is 3. The molecule has 0 aliphatic heterocycles. The average molecular weight is 246 g/mol. The van der Waals surface area contributed by atoms with Gasteiger partial charge in [0.25, 0.3) is 5.91 Å². The van der Waals surface area contributed by atoms with Gasteiger partial charge in [-0.1, -0.05) is 13.0 Å².